The van der Waals surface area contributed by atoms with Crippen molar-refractivity contribution < 1.29 is 5.11 Å². The van der Waals surface area contributed by atoms with Crippen molar-refractivity contribution in [2.45, 2.75) is 9.59 Å². The SMILES string of the molecule is Oc1c(Br)cc(Br)cc1C=Nc1ccc2nc(S[C@H](c3ccccc3)c3ccc(Cl)cc3)sc2c1. The summed E-state index contributed by atoms with van der Waals surface area (Å²) >= 11 is 16.3. The van der Waals surface area contributed by atoms with Crippen LogP contribution in [0.3, 0.4) is 0 Å². The highest BCUT2D eigenvalue weighted by Crippen LogP contribution is 2.43. The molecule has 0 aliphatic carbocycles. The Bertz CT molecular complexity index is 1520. The average molecular weight is 645 g/mol. The first-order chi connectivity index (χ1) is 17.0. The summed E-state index contributed by atoms with van der Waals surface area (Å²) in [5.74, 6) is 0.156. The zero-order chi connectivity index (χ0) is 24.4. The van der Waals surface area contributed by atoms with Crippen molar-refractivity contribution in [2.75, 3.05) is 0 Å². The lowest BCUT2D eigenvalue weighted by Gasteiger charge is -2.16. The summed E-state index contributed by atoms with van der Waals surface area (Å²) < 4.78 is 3.52. The average Bonchev–Trinajstić information content (AvgIpc) is 3.27. The molecule has 35 heavy (non-hydrogen) atoms. The van der Waals surface area contributed by atoms with Gasteiger partial charge in [-0.25, -0.2) is 4.98 Å². The van der Waals surface area contributed by atoms with Gasteiger partial charge in [0.2, 0.25) is 0 Å². The number of thiazole rings is 1. The Morgan fingerprint density at radius 1 is 0.943 bits per heavy atom. The maximum atomic E-state index is 10.3. The van der Waals surface area contributed by atoms with Gasteiger partial charge in [0.1, 0.15) is 5.75 Å². The summed E-state index contributed by atoms with van der Waals surface area (Å²) in [6.07, 6.45) is 1.66. The van der Waals surface area contributed by atoms with Gasteiger partial charge in [0.15, 0.2) is 4.34 Å². The van der Waals surface area contributed by atoms with E-state index in [2.05, 4.69) is 73.3 Å². The van der Waals surface area contributed by atoms with Crippen LogP contribution in [0.15, 0.2) is 103 Å². The fraction of sp³-hybridized carbons (Fsp3) is 0.0370. The lowest BCUT2D eigenvalue weighted by molar-refractivity contribution is 0.471. The predicted octanol–water partition coefficient (Wildman–Crippen LogP) is 9.81. The van der Waals surface area contributed by atoms with E-state index in [9.17, 15) is 5.11 Å². The molecule has 0 amide bonds. The number of aromatic nitrogens is 1. The second-order valence-corrected chi connectivity index (χ2v) is 12.3. The van der Waals surface area contributed by atoms with E-state index in [1.165, 1.54) is 11.1 Å². The summed E-state index contributed by atoms with van der Waals surface area (Å²) in [6.45, 7) is 0. The summed E-state index contributed by atoms with van der Waals surface area (Å²) in [7, 11) is 0. The number of fused-ring (bicyclic) bond motifs is 1. The fourth-order valence-corrected chi connectivity index (χ4v) is 7.35. The molecule has 0 bridgehead atoms. The molecule has 0 aliphatic rings. The molecule has 1 atom stereocenters. The van der Waals surface area contributed by atoms with Gasteiger partial charge in [-0.05, 0) is 69.5 Å². The number of phenols is 1. The standard InChI is InChI=1S/C27H17Br2ClN2OS2/c28-19-12-18(25(33)22(29)13-19)15-31-21-10-11-23-24(14-21)34-27(32-23)35-26(16-4-2-1-3-5-16)17-6-8-20(30)9-7-17/h1-15,26,33H/t26-/m1/s1. The first kappa shape index (κ1) is 24.5. The van der Waals surface area contributed by atoms with Gasteiger partial charge >= 0.3 is 0 Å². The number of hydrogen-bond acceptors (Lipinski definition) is 5. The monoisotopic (exact) mass is 642 g/mol. The van der Waals surface area contributed by atoms with E-state index in [4.69, 9.17) is 16.6 Å². The number of halogens is 3. The minimum absolute atomic E-state index is 0.101. The van der Waals surface area contributed by atoms with Gasteiger partial charge in [-0.3, -0.25) is 4.99 Å². The van der Waals surface area contributed by atoms with E-state index in [-0.39, 0.29) is 11.0 Å². The Kier molecular flexibility index (Phi) is 7.60. The van der Waals surface area contributed by atoms with Crippen molar-refractivity contribution >= 4 is 88.7 Å². The first-order valence-electron chi connectivity index (χ1n) is 10.6. The van der Waals surface area contributed by atoms with Crippen molar-refractivity contribution in [2.24, 2.45) is 4.99 Å². The first-order valence-corrected chi connectivity index (χ1v) is 14.2. The fourth-order valence-electron chi connectivity index (χ4n) is 3.55. The number of thioether (sulfide) groups is 1. The molecule has 1 heterocycles. The van der Waals surface area contributed by atoms with Crippen molar-refractivity contribution in [3.63, 3.8) is 0 Å². The normalized spacial score (nSPS) is 12.4. The van der Waals surface area contributed by atoms with Crippen LogP contribution in [0, 0.1) is 0 Å². The summed E-state index contributed by atoms with van der Waals surface area (Å²) in [4.78, 5) is 9.45. The number of nitrogens with zero attached hydrogens (tertiary/aromatic N) is 2. The Morgan fingerprint density at radius 2 is 1.69 bits per heavy atom. The van der Waals surface area contributed by atoms with E-state index in [1.54, 1.807) is 35.4 Å². The van der Waals surface area contributed by atoms with Crippen LogP contribution in [0.5, 0.6) is 5.75 Å². The van der Waals surface area contributed by atoms with E-state index in [0.29, 0.717) is 10.0 Å². The third-order valence-electron chi connectivity index (χ3n) is 5.26. The van der Waals surface area contributed by atoms with Gasteiger partial charge in [-0.1, -0.05) is 81.8 Å². The number of aromatic hydroxyl groups is 1. The second kappa shape index (κ2) is 10.8. The van der Waals surface area contributed by atoms with Crippen molar-refractivity contribution in [3.05, 3.63) is 116 Å². The summed E-state index contributed by atoms with van der Waals surface area (Å²) in [5, 5.41) is 11.1. The molecule has 5 rings (SSSR count). The Labute approximate surface area is 233 Å². The van der Waals surface area contributed by atoms with Gasteiger partial charge < -0.3 is 5.11 Å². The van der Waals surface area contributed by atoms with Crippen LogP contribution in [-0.4, -0.2) is 16.3 Å². The topological polar surface area (TPSA) is 45.5 Å². The van der Waals surface area contributed by atoms with Crippen LogP contribution in [-0.2, 0) is 0 Å². The Balaban J connectivity index is 1.44. The lowest BCUT2D eigenvalue weighted by atomic mass is 10.0. The van der Waals surface area contributed by atoms with Crippen LogP contribution in [0.2, 0.25) is 5.02 Å². The molecule has 5 aromatic rings. The minimum Gasteiger partial charge on any atom is -0.506 e. The van der Waals surface area contributed by atoms with Crippen molar-refractivity contribution in [1.82, 2.24) is 4.98 Å². The number of aliphatic imine (C=N–C) groups is 1. The molecule has 1 aromatic heterocycles. The molecule has 4 aromatic carbocycles. The molecule has 3 nitrogen and oxygen atoms in total. The van der Waals surface area contributed by atoms with E-state index in [1.807, 2.05) is 42.5 Å². The number of benzene rings is 4. The zero-order valence-corrected chi connectivity index (χ0v) is 23.6. The molecule has 0 saturated heterocycles. The zero-order valence-electron chi connectivity index (χ0n) is 18.0. The maximum absolute atomic E-state index is 10.3. The quantitative estimate of drug-likeness (QED) is 0.148. The molecule has 8 heteroatoms. The van der Waals surface area contributed by atoms with Crippen LogP contribution in [0.4, 0.5) is 5.69 Å². The van der Waals surface area contributed by atoms with E-state index in [0.717, 1.165) is 29.7 Å². The van der Waals surface area contributed by atoms with Gasteiger partial charge in [0, 0.05) is 21.3 Å². The van der Waals surface area contributed by atoms with Gasteiger partial charge in [0.25, 0.3) is 0 Å². The molecule has 0 saturated carbocycles. The molecule has 0 radical (unpaired) electrons. The highest BCUT2D eigenvalue weighted by Gasteiger charge is 2.18. The second-order valence-electron chi connectivity index (χ2n) is 7.68. The molecule has 0 spiro atoms. The third-order valence-corrected chi connectivity index (χ3v) is 9.00. The van der Waals surface area contributed by atoms with E-state index < -0.39 is 0 Å². The van der Waals surface area contributed by atoms with Crippen molar-refractivity contribution in [1.29, 1.82) is 0 Å². The number of phenolic OH excluding ortho intramolecular Hbond substituents is 1. The molecular formula is C27H17Br2ClN2OS2. The third kappa shape index (κ3) is 5.81. The predicted molar refractivity (Wildman–Crippen MR) is 156 cm³/mol. The van der Waals surface area contributed by atoms with Gasteiger partial charge in [0.05, 0.1) is 25.6 Å². The molecule has 1 N–H and O–H groups in total. The van der Waals surface area contributed by atoms with Crippen molar-refractivity contribution in [3.8, 4) is 5.75 Å². The largest absolute Gasteiger partial charge is 0.506 e. The number of rotatable bonds is 6. The smallest absolute Gasteiger partial charge is 0.152 e. The number of hydrogen-bond donors (Lipinski definition) is 1. The van der Waals surface area contributed by atoms with Crippen LogP contribution >= 0.6 is 66.6 Å². The van der Waals surface area contributed by atoms with Gasteiger partial charge in [-0.2, -0.15) is 0 Å². The highest BCUT2D eigenvalue weighted by atomic mass is 79.9. The lowest BCUT2D eigenvalue weighted by Crippen LogP contribution is -1.96. The molecular weight excluding hydrogens is 628 g/mol. The van der Waals surface area contributed by atoms with E-state index >= 15 is 0 Å². The maximum Gasteiger partial charge on any atom is 0.152 e. The Hall–Kier alpha value is -2.16. The molecule has 0 aliphatic heterocycles. The van der Waals surface area contributed by atoms with Crippen LogP contribution < -0.4 is 0 Å². The molecule has 0 fully saturated rings. The summed E-state index contributed by atoms with van der Waals surface area (Å²) in [6, 6.07) is 28.0. The minimum atomic E-state index is 0.101. The summed E-state index contributed by atoms with van der Waals surface area (Å²) in [5.41, 5.74) is 4.75. The van der Waals surface area contributed by atoms with Crippen LogP contribution in [0.25, 0.3) is 10.2 Å². The molecule has 174 valence electrons. The Morgan fingerprint density at radius 3 is 2.46 bits per heavy atom. The highest BCUT2D eigenvalue weighted by molar-refractivity contribution is 9.11. The van der Waals surface area contributed by atoms with Crippen LogP contribution in [0.1, 0.15) is 21.9 Å². The van der Waals surface area contributed by atoms with Gasteiger partial charge in [-0.15, -0.1) is 11.3 Å². The molecule has 0 unspecified atom stereocenters.